The number of carboxylic acids is 1. The lowest BCUT2D eigenvalue weighted by molar-refractivity contribution is -0.138. The summed E-state index contributed by atoms with van der Waals surface area (Å²) in [5.74, 6) is -0.999. The molecule has 0 saturated heterocycles. The van der Waals surface area contributed by atoms with Gasteiger partial charge in [-0.1, -0.05) is 6.07 Å². The Labute approximate surface area is 86.6 Å². The summed E-state index contributed by atoms with van der Waals surface area (Å²) in [6, 6.07) is 4.47. The number of carbonyl (C=O) groups is 1. The van der Waals surface area contributed by atoms with Gasteiger partial charge in [-0.05, 0) is 12.1 Å². The summed E-state index contributed by atoms with van der Waals surface area (Å²) in [7, 11) is 0. The Morgan fingerprint density at radius 1 is 1.62 bits per heavy atom. The fourth-order valence-electron chi connectivity index (χ4n) is 0.831. The van der Waals surface area contributed by atoms with E-state index in [0.29, 0.717) is 5.69 Å². The van der Waals surface area contributed by atoms with E-state index in [4.69, 9.17) is 10.8 Å². The van der Waals surface area contributed by atoms with Gasteiger partial charge in [-0.2, -0.15) is 0 Å². The third-order valence-electron chi connectivity index (χ3n) is 1.47. The first-order chi connectivity index (χ1) is 5.70. The number of nitrogens with two attached hydrogens (primary N) is 1. The molecule has 0 saturated carbocycles. The highest BCUT2D eigenvalue weighted by Gasteiger charge is 2.11. The zero-order valence-corrected chi connectivity index (χ0v) is 8.60. The van der Waals surface area contributed by atoms with Crippen molar-refractivity contribution in [1.29, 1.82) is 0 Å². The van der Waals surface area contributed by atoms with E-state index in [2.05, 4.69) is 4.98 Å². The van der Waals surface area contributed by atoms with E-state index in [1.54, 1.807) is 24.4 Å². The number of aliphatic carboxylic acids is 1. The Morgan fingerprint density at radius 2 is 2.31 bits per heavy atom. The van der Waals surface area contributed by atoms with Crippen molar-refractivity contribution in [3.63, 3.8) is 0 Å². The van der Waals surface area contributed by atoms with Crippen molar-refractivity contribution >= 4 is 23.0 Å². The number of pyridine rings is 1. The minimum atomic E-state index is -0.999. The van der Waals surface area contributed by atoms with E-state index in [1.165, 1.54) is 0 Å². The quantitative estimate of drug-likeness (QED) is 0.820. The zero-order valence-electron chi connectivity index (χ0n) is 6.88. The molecular formula is C8H11BrN2O2. The van der Waals surface area contributed by atoms with Crippen LogP contribution in [0, 0.1) is 0 Å². The highest BCUT2D eigenvalue weighted by atomic mass is 79.9. The topological polar surface area (TPSA) is 76.2 Å². The summed E-state index contributed by atoms with van der Waals surface area (Å²) in [6.45, 7) is 0. The molecule has 1 aromatic heterocycles. The number of hydrogen-bond acceptors (Lipinski definition) is 3. The molecular weight excluding hydrogens is 236 g/mol. The first-order valence-electron chi connectivity index (χ1n) is 3.58. The van der Waals surface area contributed by atoms with Crippen LogP contribution in [0.4, 0.5) is 0 Å². The molecule has 1 unspecified atom stereocenters. The normalized spacial score (nSPS) is 11.5. The first-order valence-corrected chi connectivity index (χ1v) is 3.58. The maximum absolute atomic E-state index is 10.4. The molecule has 5 heteroatoms. The van der Waals surface area contributed by atoms with Crippen molar-refractivity contribution in [2.75, 3.05) is 0 Å². The number of rotatable bonds is 3. The summed E-state index contributed by atoms with van der Waals surface area (Å²) in [5.41, 5.74) is 6.01. The van der Waals surface area contributed by atoms with Crippen LogP contribution < -0.4 is 5.73 Å². The monoisotopic (exact) mass is 246 g/mol. The van der Waals surface area contributed by atoms with E-state index in [-0.39, 0.29) is 23.4 Å². The third-order valence-corrected chi connectivity index (χ3v) is 1.47. The van der Waals surface area contributed by atoms with Gasteiger partial charge in [-0.15, -0.1) is 17.0 Å². The second-order valence-corrected chi connectivity index (χ2v) is 2.47. The molecule has 72 valence electrons. The average molecular weight is 247 g/mol. The van der Waals surface area contributed by atoms with Gasteiger partial charge in [0.1, 0.15) is 6.04 Å². The van der Waals surface area contributed by atoms with Gasteiger partial charge in [-0.25, -0.2) is 0 Å². The molecule has 0 amide bonds. The van der Waals surface area contributed by atoms with Crippen LogP contribution in [0.25, 0.3) is 0 Å². The SMILES string of the molecule is Br.NC(Cc1ccccn1)C(=O)O. The lowest BCUT2D eigenvalue weighted by atomic mass is 10.1. The van der Waals surface area contributed by atoms with Gasteiger partial charge in [0.2, 0.25) is 0 Å². The Kier molecular flexibility index (Phi) is 5.25. The summed E-state index contributed by atoms with van der Waals surface area (Å²) >= 11 is 0. The standard InChI is InChI=1S/C8H10N2O2.BrH/c9-7(8(11)12)5-6-3-1-2-4-10-6;/h1-4,7H,5,9H2,(H,11,12);1H. The van der Waals surface area contributed by atoms with Gasteiger partial charge in [0.15, 0.2) is 0 Å². The predicted octanol–water partition coefficient (Wildman–Crippen LogP) is 0.614. The van der Waals surface area contributed by atoms with Crippen molar-refractivity contribution in [2.24, 2.45) is 5.73 Å². The van der Waals surface area contributed by atoms with Crippen LogP contribution in [0.15, 0.2) is 24.4 Å². The maximum Gasteiger partial charge on any atom is 0.320 e. The maximum atomic E-state index is 10.4. The average Bonchev–Trinajstić information content (AvgIpc) is 2.06. The minimum Gasteiger partial charge on any atom is -0.480 e. The molecule has 4 nitrogen and oxygen atoms in total. The highest BCUT2D eigenvalue weighted by molar-refractivity contribution is 8.93. The lowest BCUT2D eigenvalue weighted by Gasteiger charge is -2.03. The number of hydrogen-bond donors (Lipinski definition) is 2. The van der Waals surface area contributed by atoms with E-state index < -0.39 is 12.0 Å². The smallest absolute Gasteiger partial charge is 0.320 e. The van der Waals surface area contributed by atoms with Crippen LogP contribution in [0.2, 0.25) is 0 Å². The van der Waals surface area contributed by atoms with Gasteiger partial charge in [0.25, 0.3) is 0 Å². The summed E-state index contributed by atoms with van der Waals surface area (Å²) in [4.78, 5) is 14.3. The Morgan fingerprint density at radius 3 is 2.77 bits per heavy atom. The number of carboxylic acid groups (broad SMARTS) is 1. The van der Waals surface area contributed by atoms with Gasteiger partial charge in [0.05, 0.1) is 0 Å². The van der Waals surface area contributed by atoms with Crippen molar-refractivity contribution in [1.82, 2.24) is 4.98 Å². The van der Waals surface area contributed by atoms with Crippen molar-refractivity contribution in [3.05, 3.63) is 30.1 Å². The Hall–Kier alpha value is -0.940. The van der Waals surface area contributed by atoms with Gasteiger partial charge < -0.3 is 10.8 Å². The summed E-state index contributed by atoms with van der Waals surface area (Å²) < 4.78 is 0. The molecule has 0 aliphatic carbocycles. The molecule has 0 aliphatic rings. The number of nitrogens with zero attached hydrogens (tertiary/aromatic N) is 1. The first kappa shape index (κ1) is 12.1. The fraction of sp³-hybridized carbons (Fsp3) is 0.250. The number of halogens is 1. The molecule has 3 N–H and O–H groups in total. The molecule has 0 spiro atoms. The molecule has 1 aromatic rings. The van der Waals surface area contributed by atoms with Crippen molar-refractivity contribution in [2.45, 2.75) is 12.5 Å². The van der Waals surface area contributed by atoms with Crippen molar-refractivity contribution in [3.8, 4) is 0 Å². The van der Waals surface area contributed by atoms with E-state index in [0.717, 1.165) is 0 Å². The molecule has 0 bridgehead atoms. The molecule has 1 rings (SSSR count). The van der Waals surface area contributed by atoms with Crippen LogP contribution >= 0.6 is 17.0 Å². The highest BCUT2D eigenvalue weighted by Crippen LogP contribution is 1.97. The molecule has 1 heterocycles. The fourth-order valence-corrected chi connectivity index (χ4v) is 0.831. The Balaban J connectivity index is 0.00000144. The summed E-state index contributed by atoms with van der Waals surface area (Å²) in [6.07, 6.45) is 1.89. The second kappa shape index (κ2) is 5.66. The van der Waals surface area contributed by atoms with E-state index in [9.17, 15) is 4.79 Å². The van der Waals surface area contributed by atoms with Crippen LogP contribution in [0.3, 0.4) is 0 Å². The van der Waals surface area contributed by atoms with Crippen LogP contribution in [-0.2, 0) is 11.2 Å². The molecule has 0 fully saturated rings. The zero-order chi connectivity index (χ0) is 8.97. The van der Waals surface area contributed by atoms with Gasteiger partial charge in [-0.3, -0.25) is 9.78 Å². The van der Waals surface area contributed by atoms with Crippen LogP contribution in [0.5, 0.6) is 0 Å². The van der Waals surface area contributed by atoms with Crippen LogP contribution in [0.1, 0.15) is 5.69 Å². The second-order valence-electron chi connectivity index (χ2n) is 2.47. The largest absolute Gasteiger partial charge is 0.480 e. The van der Waals surface area contributed by atoms with E-state index in [1.807, 2.05) is 0 Å². The van der Waals surface area contributed by atoms with Crippen molar-refractivity contribution < 1.29 is 9.90 Å². The molecule has 0 radical (unpaired) electrons. The Bertz CT molecular complexity index is 266. The lowest BCUT2D eigenvalue weighted by Crippen LogP contribution is -2.32. The molecule has 0 aromatic carbocycles. The van der Waals surface area contributed by atoms with E-state index >= 15 is 0 Å². The third kappa shape index (κ3) is 4.00. The van der Waals surface area contributed by atoms with Gasteiger partial charge >= 0.3 is 5.97 Å². The van der Waals surface area contributed by atoms with Gasteiger partial charge in [0, 0.05) is 18.3 Å². The molecule has 13 heavy (non-hydrogen) atoms. The predicted molar refractivity (Wildman–Crippen MR) is 53.9 cm³/mol. The summed E-state index contributed by atoms with van der Waals surface area (Å²) in [5, 5.41) is 8.49. The molecule has 0 aliphatic heterocycles. The molecule has 1 atom stereocenters. The number of aromatic nitrogens is 1. The minimum absolute atomic E-state index is 0. The van der Waals surface area contributed by atoms with Crippen LogP contribution in [-0.4, -0.2) is 22.1 Å².